The van der Waals surface area contributed by atoms with E-state index in [9.17, 15) is 30.4 Å². The molecule has 8 heterocycles. The van der Waals surface area contributed by atoms with Crippen LogP contribution in [0, 0.1) is 138 Å². The van der Waals surface area contributed by atoms with Gasteiger partial charge in [0.1, 0.15) is 0 Å². The van der Waals surface area contributed by atoms with Crippen molar-refractivity contribution in [3.8, 4) is 6.07 Å². The fourth-order valence-electron chi connectivity index (χ4n) is 24.1. The van der Waals surface area contributed by atoms with Gasteiger partial charge in [0.05, 0.1) is 31.2 Å². The number of hydrogen-bond donors (Lipinski definition) is 0. The Hall–Kier alpha value is -2.50. The summed E-state index contributed by atoms with van der Waals surface area (Å²) >= 11 is 0. The fraction of sp³-hybridized carbons (Fsp3) is 0.921. The van der Waals surface area contributed by atoms with Crippen molar-refractivity contribution < 1.29 is 30.4 Å². The Labute approximate surface area is 736 Å². The van der Waals surface area contributed by atoms with Crippen LogP contribution in [-0.4, -0.2) is 203 Å². The van der Waals surface area contributed by atoms with Crippen molar-refractivity contribution in [2.45, 2.75) is 336 Å². The molecule has 1 aromatic carbocycles. The summed E-state index contributed by atoms with van der Waals surface area (Å²) < 4.78 is 76.9. The second kappa shape index (κ2) is 48.1. The van der Waals surface area contributed by atoms with Crippen LogP contribution in [0.15, 0.2) is 30.3 Å². The molecule has 0 spiro atoms. The Bertz CT molecular complexity index is 3190. The molecule has 0 N–H and O–H groups in total. The smallest absolute Gasteiger partial charge is 0.319 e. The molecule has 0 atom stereocenters. The van der Waals surface area contributed by atoms with E-state index in [0.717, 1.165) is 166 Å². The van der Waals surface area contributed by atoms with Crippen LogP contribution in [0.4, 0.5) is 13.6 Å². The number of rotatable bonds is 24. The molecule has 18 heteroatoms. The van der Waals surface area contributed by atoms with Gasteiger partial charge in [-0.1, -0.05) is 231 Å². The minimum absolute atomic E-state index is 0.0841. The van der Waals surface area contributed by atoms with Crippen molar-refractivity contribution in [1.82, 2.24) is 38.0 Å². The molecule has 119 heavy (non-hydrogen) atoms. The predicted molar refractivity (Wildman–Crippen MR) is 505 cm³/mol. The quantitative estimate of drug-likeness (QED) is 0.0921. The fourth-order valence-corrected chi connectivity index (χ4v) is 26.8. The number of carbonyl (C=O) groups is 1. The van der Waals surface area contributed by atoms with Crippen molar-refractivity contribution in [3.05, 3.63) is 35.9 Å². The van der Waals surface area contributed by atoms with E-state index in [4.69, 9.17) is 5.26 Å². The molecule has 14 nitrogen and oxygen atoms in total. The number of carbonyl (C=O) groups excluding carboxylic acids is 1. The van der Waals surface area contributed by atoms with Gasteiger partial charge in [0, 0.05) is 65.8 Å². The average molecular weight is 1710 g/mol. The van der Waals surface area contributed by atoms with Gasteiger partial charge in [0.2, 0.25) is 20.0 Å². The minimum Gasteiger partial charge on any atom is -0.325 e. The van der Waals surface area contributed by atoms with Crippen molar-refractivity contribution in [1.29, 1.82) is 5.26 Å². The predicted octanol–water partition coefficient (Wildman–Crippen LogP) is 24.0. The minimum atomic E-state index is -2.99. The first-order valence-electron chi connectivity index (χ1n) is 48.9. The number of nitrogens with zero attached hydrogens (tertiary/aromatic N) is 9. The van der Waals surface area contributed by atoms with E-state index in [-0.39, 0.29) is 6.54 Å². The zero-order valence-electron chi connectivity index (χ0n) is 83.3. The maximum Gasteiger partial charge on any atom is 0.319 e. The lowest BCUT2D eigenvalue weighted by atomic mass is 9.63. The Morgan fingerprint density at radius 1 is 0.395 bits per heavy atom. The van der Waals surface area contributed by atoms with Gasteiger partial charge in [-0.15, -0.1) is 0 Å². The summed E-state index contributed by atoms with van der Waals surface area (Å²) in [4.78, 5) is 25.9. The van der Waals surface area contributed by atoms with Crippen LogP contribution in [-0.2, 0) is 26.6 Å². The number of hydrogen-bond acceptors (Lipinski definition) is 10. The first-order chi connectivity index (χ1) is 55.2. The van der Waals surface area contributed by atoms with E-state index >= 15 is 0 Å². The standard InChI is InChI=1S/C18H29N.C16H30N2O.C15H29NO2S.C14H27F2N.C13H24N2.C13H27N.C12H25NO2S/c1-15(2)18(16(3)4)10-12-19(13-11-18)14-17-8-6-5-7-9-17;1-13(2)16(14(3)4)7-11-18(12-8-16)15(19)17-9-5-6-10-17;1-12(2)15(13(3)4)7-9-16(10-8-15)19(17,18)11-14-5-6-14;1-11(2)14(12(3)4)6-8-17(9-7-14)10-13(5,15)16;1-11(2)13(12(3)4)5-8-15(9-6-13)10-7-14;1-6-14-9-7-13(8-10-14,11(2)3)12(4)5;1-10(2)12(11(3)4)6-8-13(9-7-12)16(5,14)15/h5-9,15-16H,10-14H2,1-4H3;13-14H,5-12H2,1-4H3;12-14H,5-11H2,1-4H3;11-12H,6-10H2,1-5H3;11-12H,5-6,8-10H2,1-4H3;11-12H,6-10H2,1-5H3;10-11H,6-9H2,1-5H3. The monoisotopic (exact) mass is 1710 g/mol. The van der Waals surface area contributed by atoms with E-state index < -0.39 is 26.0 Å². The molecule has 1 saturated carbocycles. The highest BCUT2D eigenvalue weighted by molar-refractivity contribution is 7.89. The lowest BCUT2D eigenvalue weighted by Gasteiger charge is -2.48. The molecule has 0 bridgehead atoms. The number of benzene rings is 1. The average Bonchev–Trinajstić information content (AvgIpc) is 1.76. The van der Waals surface area contributed by atoms with E-state index in [0.29, 0.717) is 123 Å². The lowest BCUT2D eigenvalue weighted by molar-refractivity contribution is -0.0460. The molecule has 1 aliphatic carbocycles. The molecule has 9 fully saturated rings. The molecule has 8 aliphatic heterocycles. The number of nitriles is 1. The van der Waals surface area contributed by atoms with Gasteiger partial charge >= 0.3 is 6.03 Å². The highest BCUT2D eigenvalue weighted by Crippen LogP contribution is 2.52. The SMILES string of the molecule is CC(C)C1(C(C)C)CCN(C(=O)N2CCCC2)CC1.CC(C)C1(C(C)C)CCN(CC#N)CC1.CC(C)C1(C(C)C)CCN(CC(C)(F)F)CC1.CC(C)C1(C(C)C)CCN(Cc2ccccc2)CC1.CC(C)C1(C(C)C)CCN(S(=O)(=O)CC2CC2)CC1.CC(C)C1(C(C)C)CCN(S(C)(=O)=O)CC1.CCN1CCC(C(C)C)(C(C)C)CC1. The van der Waals surface area contributed by atoms with Gasteiger partial charge in [-0.3, -0.25) is 14.7 Å². The van der Waals surface area contributed by atoms with Gasteiger partial charge in [-0.25, -0.2) is 39.0 Å². The van der Waals surface area contributed by atoms with Crippen LogP contribution < -0.4 is 0 Å². The summed E-state index contributed by atoms with van der Waals surface area (Å²) in [6, 6.07) is 13.4. The summed E-state index contributed by atoms with van der Waals surface area (Å²) in [5.74, 6) is 8.21. The molecule has 2 amide bonds. The maximum absolute atomic E-state index is 13.0. The van der Waals surface area contributed by atoms with Crippen molar-refractivity contribution in [3.63, 3.8) is 0 Å². The summed E-state index contributed by atoms with van der Waals surface area (Å²) in [5.41, 5.74) is 4.56. The Morgan fingerprint density at radius 2 is 0.655 bits per heavy atom. The summed E-state index contributed by atoms with van der Waals surface area (Å²) in [6.07, 6.45) is 22.4. The van der Waals surface area contributed by atoms with Gasteiger partial charge in [-0.2, -0.15) is 5.26 Å². The zero-order chi connectivity index (χ0) is 90.3. The highest BCUT2D eigenvalue weighted by atomic mass is 32.2. The van der Waals surface area contributed by atoms with Crippen LogP contribution in [0.25, 0.3) is 0 Å². The largest absolute Gasteiger partial charge is 0.325 e. The van der Waals surface area contributed by atoms with Crippen LogP contribution in [0.3, 0.4) is 0 Å². The van der Waals surface area contributed by atoms with Crippen molar-refractivity contribution >= 4 is 26.1 Å². The van der Waals surface area contributed by atoms with E-state index in [2.05, 4.69) is 257 Å². The molecule has 8 saturated heterocycles. The second-order valence-corrected chi connectivity index (χ2v) is 48.0. The van der Waals surface area contributed by atoms with Crippen LogP contribution >= 0.6 is 0 Å². The third-order valence-electron chi connectivity index (χ3n) is 34.4. The van der Waals surface area contributed by atoms with E-state index in [1.165, 1.54) is 109 Å². The van der Waals surface area contributed by atoms with E-state index in [1.54, 1.807) is 8.61 Å². The number of halogens is 2. The number of amides is 2. The third-order valence-corrected chi connectivity index (χ3v) is 37.7. The molecule has 0 radical (unpaired) electrons. The maximum atomic E-state index is 13.0. The molecular formula is C101H191F2N9O5S2. The molecule has 10 rings (SSSR count). The number of sulfonamides is 2. The van der Waals surface area contributed by atoms with Crippen LogP contribution in [0.5, 0.6) is 0 Å². The van der Waals surface area contributed by atoms with Gasteiger partial charge in [0.25, 0.3) is 5.92 Å². The molecule has 0 unspecified atom stereocenters. The Morgan fingerprint density at radius 3 is 0.924 bits per heavy atom. The molecule has 0 aromatic heterocycles. The summed E-state index contributed by atoms with van der Waals surface area (Å²) in [7, 11) is -5.98. The zero-order valence-corrected chi connectivity index (χ0v) is 84.9. The summed E-state index contributed by atoms with van der Waals surface area (Å²) in [5, 5.41) is 8.68. The normalized spacial score (nSPS) is 22.8. The van der Waals surface area contributed by atoms with Crippen LogP contribution in [0.1, 0.15) is 329 Å². The highest BCUT2D eigenvalue weighted by Gasteiger charge is 2.48. The lowest BCUT2D eigenvalue weighted by Crippen LogP contribution is -2.50. The first-order valence-corrected chi connectivity index (χ1v) is 52.3. The molecule has 1 aromatic rings. The van der Waals surface area contributed by atoms with E-state index in [1.807, 2.05) is 9.80 Å². The number of urea groups is 1. The number of piperidine rings is 7. The van der Waals surface area contributed by atoms with Crippen molar-refractivity contribution in [2.24, 2.45) is 127 Å². The van der Waals surface area contributed by atoms with Gasteiger partial charge in [0.15, 0.2) is 0 Å². The second-order valence-electron chi connectivity index (χ2n) is 44.0. The van der Waals surface area contributed by atoms with Gasteiger partial charge in [-0.05, 0) is 307 Å². The third kappa shape index (κ3) is 30.1. The van der Waals surface area contributed by atoms with Crippen molar-refractivity contribution in [2.75, 3.05) is 136 Å². The van der Waals surface area contributed by atoms with Gasteiger partial charge < -0.3 is 14.7 Å². The van der Waals surface area contributed by atoms with Crippen LogP contribution in [0.2, 0.25) is 0 Å². The topological polar surface area (TPSA) is 135 Å². The number of likely N-dealkylation sites (tertiary alicyclic amines) is 6. The Kier molecular flexibility index (Phi) is 44.0. The molecule has 696 valence electrons. The number of alkyl halides is 2. The molecular weight excluding hydrogens is 1520 g/mol. The summed E-state index contributed by atoms with van der Waals surface area (Å²) in [6.45, 7) is 87.1. The molecule has 9 aliphatic rings. The Balaban J connectivity index is 0.000000293. The first kappa shape index (κ1) is 109.